The first-order valence-corrected chi connectivity index (χ1v) is 6.14. The highest BCUT2D eigenvalue weighted by atomic mass is 35.5. The zero-order valence-electron chi connectivity index (χ0n) is 10.2. The van der Waals surface area contributed by atoms with Gasteiger partial charge in [-0.25, -0.2) is 9.37 Å². The summed E-state index contributed by atoms with van der Waals surface area (Å²) in [5.41, 5.74) is 9.29. The Kier molecular flexibility index (Phi) is 2.68. The number of halogens is 2. The molecule has 0 amide bonds. The first-order chi connectivity index (χ1) is 9.08. The highest BCUT2D eigenvalue weighted by Crippen LogP contribution is 2.30. The fourth-order valence-corrected chi connectivity index (χ4v) is 2.47. The summed E-state index contributed by atoms with van der Waals surface area (Å²) >= 11 is 6.10. The molecule has 0 aliphatic carbocycles. The van der Waals surface area contributed by atoms with Crippen LogP contribution in [0, 0.1) is 12.7 Å². The van der Waals surface area contributed by atoms with Gasteiger partial charge in [-0.3, -0.25) is 4.57 Å². The van der Waals surface area contributed by atoms with Crippen molar-refractivity contribution in [2.75, 3.05) is 5.73 Å². The Bertz CT molecular complexity index is 780. The molecule has 0 saturated carbocycles. The lowest BCUT2D eigenvalue weighted by Crippen LogP contribution is -2.02. The number of anilines is 1. The van der Waals surface area contributed by atoms with Crippen LogP contribution in [-0.2, 0) is 0 Å². The molecule has 0 atom stereocenters. The van der Waals surface area contributed by atoms with E-state index in [0.29, 0.717) is 16.7 Å². The van der Waals surface area contributed by atoms with Crippen molar-refractivity contribution in [1.82, 2.24) is 9.55 Å². The van der Waals surface area contributed by atoms with Crippen molar-refractivity contribution in [3.05, 3.63) is 52.8 Å². The van der Waals surface area contributed by atoms with E-state index in [0.717, 1.165) is 16.6 Å². The summed E-state index contributed by atoms with van der Waals surface area (Å²) in [7, 11) is 0. The maximum atomic E-state index is 13.1. The van der Waals surface area contributed by atoms with E-state index in [4.69, 9.17) is 17.3 Å². The number of hydrogen-bond donors (Lipinski definition) is 1. The third kappa shape index (κ3) is 1.85. The summed E-state index contributed by atoms with van der Waals surface area (Å²) in [4.78, 5) is 4.30. The van der Waals surface area contributed by atoms with Crippen molar-refractivity contribution in [3.8, 4) is 5.69 Å². The highest BCUT2D eigenvalue weighted by molar-refractivity contribution is 6.32. The lowest BCUT2D eigenvalue weighted by atomic mass is 10.2. The fourth-order valence-electron chi connectivity index (χ4n) is 2.22. The van der Waals surface area contributed by atoms with Crippen LogP contribution in [0.4, 0.5) is 10.3 Å². The van der Waals surface area contributed by atoms with Gasteiger partial charge in [0.25, 0.3) is 0 Å². The number of benzene rings is 2. The van der Waals surface area contributed by atoms with Crippen LogP contribution in [0.25, 0.3) is 16.7 Å². The van der Waals surface area contributed by atoms with E-state index in [1.165, 1.54) is 12.1 Å². The topological polar surface area (TPSA) is 43.8 Å². The Labute approximate surface area is 114 Å². The molecule has 0 aliphatic rings. The molecule has 0 spiro atoms. The van der Waals surface area contributed by atoms with Crippen molar-refractivity contribution in [2.24, 2.45) is 0 Å². The third-order valence-corrected chi connectivity index (χ3v) is 3.36. The second-order valence-electron chi connectivity index (χ2n) is 4.34. The van der Waals surface area contributed by atoms with Crippen LogP contribution in [0.2, 0.25) is 5.02 Å². The predicted octanol–water partition coefficient (Wildman–Crippen LogP) is 3.71. The molecular weight excluding hydrogens is 265 g/mol. The molecule has 2 aromatic carbocycles. The largest absolute Gasteiger partial charge is 0.369 e. The SMILES string of the molecule is Cc1cccc2nc(N)n(-c3ccc(F)cc3Cl)c12. The number of hydrogen-bond acceptors (Lipinski definition) is 2. The van der Waals surface area contributed by atoms with E-state index >= 15 is 0 Å². The maximum absolute atomic E-state index is 13.1. The quantitative estimate of drug-likeness (QED) is 0.736. The Morgan fingerprint density at radius 1 is 1.26 bits per heavy atom. The van der Waals surface area contributed by atoms with Crippen LogP contribution in [-0.4, -0.2) is 9.55 Å². The molecule has 1 heterocycles. The predicted molar refractivity (Wildman–Crippen MR) is 75.2 cm³/mol. The van der Waals surface area contributed by atoms with Crippen LogP contribution in [0.3, 0.4) is 0 Å². The summed E-state index contributed by atoms with van der Waals surface area (Å²) in [6.45, 7) is 1.97. The molecule has 19 heavy (non-hydrogen) atoms. The summed E-state index contributed by atoms with van der Waals surface area (Å²) in [5.74, 6) is -0.0497. The molecule has 0 unspecified atom stereocenters. The molecule has 1 aromatic heterocycles. The zero-order chi connectivity index (χ0) is 13.6. The van der Waals surface area contributed by atoms with Gasteiger partial charge < -0.3 is 5.73 Å². The Hall–Kier alpha value is -2.07. The first-order valence-electron chi connectivity index (χ1n) is 5.77. The number of nitrogens with zero attached hydrogens (tertiary/aromatic N) is 2. The molecule has 96 valence electrons. The van der Waals surface area contributed by atoms with Crippen LogP contribution < -0.4 is 5.73 Å². The van der Waals surface area contributed by atoms with E-state index < -0.39 is 0 Å². The van der Waals surface area contributed by atoms with Gasteiger partial charge in [0.2, 0.25) is 5.95 Å². The van der Waals surface area contributed by atoms with Gasteiger partial charge in [-0.1, -0.05) is 23.7 Å². The average Bonchev–Trinajstić information content (AvgIpc) is 2.67. The monoisotopic (exact) mass is 275 g/mol. The number of para-hydroxylation sites is 1. The smallest absolute Gasteiger partial charge is 0.205 e. The Morgan fingerprint density at radius 3 is 2.79 bits per heavy atom. The number of nitrogens with two attached hydrogens (primary N) is 1. The van der Waals surface area contributed by atoms with Gasteiger partial charge >= 0.3 is 0 Å². The number of aromatic nitrogens is 2. The highest BCUT2D eigenvalue weighted by Gasteiger charge is 2.14. The zero-order valence-corrected chi connectivity index (χ0v) is 10.9. The van der Waals surface area contributed by atoms with Crippen LogP contribution in [0.15, 0.2) is 36.4 Å². The third-order valence-electron chi connectivity index (χ3n) is 3.05. The average molecular weight is 276 g/mol. The minimum atomic E-state index is -0.381. The van der Waals surface area contributed by atoms with E-state index in [1.807, 2.05) is 25.1 Å². The van der Waals surface area contributed by atoms with E-state index in [2.05, 4.69) is 4.98 Å². The standard InChI is InChI=1S/C14H11ClFN3/c1-8-3-2-4-11-13(8)19(14(17)18-11)12-6-5-9(16)7-10(12)15/h2-7H,1H3,(H2,17,18). The molecule has 0 fully saturated rings. The van der Waals surface area contributed by atoms with Crippen molar-refractivity contribution in [1.29, 1.82) is 0 Å². The molecule has 5 heteroatoms. The van der Waals surface area contributed by atoms with Gasteiger partial charge in [0.05, 0.1) is 21.7 Å². The van der Waals surface area contributed by atoms with Gasteiger partial charge in [0.1, 0.15) is 5.82 Å². The lowest BCUT2D eigenvalue weighted by Gasteiger charge is -2.10. The van der Waals surface area contributed by atoms with E-state index in [1.54, 1.807) is 10.6 Å². The van der Waals surface area contributed by atoms with Gasteiger partial charge in [-0.2, -0.15) is 0 Å². The molecule has 0 radical (unpaired) electrons. The second kappa shape index (κ2) is 4.24. The second-order valence-corrected chi connectivity index (χ2v) is 4.75. The molecule has 0 bridgehead atoms. The summed E-state index contributed by atoms with van der Waals surface area (Å²) in [6, 6.07) is 9.98. The number of nitrogen functional groups attached to an aromatic ring is 1. The molecular formula is C14H11ClFN3. The molecule has 0 saturated heterocycles. The lowest BCUT2D eigenvalue weighted by molar-refractivity contribution is 0.627. The Balaban J connectivity index is 2.39. The minimum Gasteiger partial charge on any atom is -0.369 e. The number of imidazole rings is 1. The molecule has 0 aliphatic heterocycles. The summed E-state index contributed by atoms with van der Waals surface area (Å²) in [6.07, 6.45) is 0. The number of fused-ring (bicyclic) bond motifs is 1. The molecule has 3 aromatic rings. The van der Waals surface area contributed by atoms with Crippen LogP contribution >= 0.6 is 11.6 Å². The maximum Gasteiger partial charge on any atom is 0.205 e. The van der Waals surface area contributed by atoms with Crippen molar-refractivity contribution >= 4 is 28.6 Å². The Morgan fingerprint density at radius 2 is 2.05 bits per heavy atom. The van der Waals surface area contributed by atoms with Crippen LogP contribution in [0.1, 0.15) is 5.56 Å². The summed E-state index contributed by atoms with van der Waals surface area (Å²) < 4.78 is 14.9. The van der Waals surface area contributed by atoms with Gasteiger partial charge in [0, 0.05) is 0 Å². The number of aryl methyl sites for hydroxylation is 1. The van der Waals surface area contributed by atoms with Crippen molar-refractivity contribution < 1.29 is 4.39 Å². The van der Waals surface area contributed by atoms with Gasteiger partial charge in [-0.15, -0.1) is 0 Å². The van der Waals surface area contributed by atoms with Gasteiger partial charge in [0.15, 0.2) is 0 Å². The van der Waals surface area contributed by atoms with E-state index in [-0.39, 0.29) is 5.82 Å². The van der Waals surface area contributed by atoms with Crippen molar-refractivity contribution in [3.63, 3.8) is 0 Å². The van der Waals surface area contributed by atoms with Gasteiger partial charge in [-0.05, 0) is 36.8 Å². The fraction of sp³-hybridized carbons (Fsp3) is 0.0714. The number of rotatable bonds is 1. The van der Waals surface area contributed by atoms with E-state index in [9.17, 15) is 4.39 Å². The molecule has 3 rings (SSSR count). The molecule has 3 nitrogen and oxygen atoms in total. The van der Waals surface area contributed by atoms with Crippen molar-refractivity contribution in [2.45, 2.75) is 6.92 Å². The molecule has 2 N–H and O–H groups in total. The normalized spacial score (nSPS) is 11.1. The first kappa shape index (κ1) is 12.0. The summed E-state index contributed by atoms with van der Waals surface area (Å²) in [5, 5.41) is 0.300. The minimum absolute atomic E-state index is 0.300. The van der Waals surface area contributed by atoms with Crippen LogP contribution in [0.5, 0.6) is 0 Å².